The van der Waals surface area contributed by atoms with Crippen molar-refractivity contribution in [3.05, 3.63) is 30.6 Å². The molecule has 0 aliphatic rings. The predicted octanol–water partition coefficient (Wildman–Crippen LogP) is -0.823. The van der Waals surface area contributed by atoms with Crippen molar-refractivity contribution in [3.8, 4) is 0 Å². The largest absolute Gasteiger partial charge is 0.480 e. The number of carbonyl (C=O) groups is 3. The van der Waals surface area contributed by atoms with Crippen molar-refractivity contribution in [3.63, 3.8) is 0 Å². The molecule has 0 fully saturated rings. The second-order valence-electron chi connectivity index (χ2n) is 5.52. The Morgan fingerprint density at radius 1 is 1.12 bits per heavy atom. The van der Waals surface area contributed by atoms with E-state index < -0.39 is 24.0 Å². The third-order valence-corrected chi connectivity index (χ3v) is 3.43. The third-order valence-electron chi connectivity index (χ3n) is 3.43. The molecule has 0 saturated heterocycles. The van der Waals surface area contributed by atoms with E-state index in [-0.39, 0.29) is 12.5 Å². The van der Waals surface area contributed by atoms with Crippen LogP contribution in [0, 0.1) is 0 Å². The molecule has 2 amide bonds. The van der Waals surface area contributed by atoms with Gasteiger partial charge in [-0.05, 0) is 32.7 Å². The van der Waals surface area contributed by atoms with Crippen LogP contribution in [-0.4, -0.2) is 41.5 Å². The minimum atomic E-state index is -1.13. The van der Waals surface area contributed by atoms with Crippen molar-refractivity contribution in [2.45, 2.75) is 44.8 Å². The van der Waals surface area contributed by atoms with Gasteiger partial charge in [-0.2, -0.15) is 4.57 Å². The Kier molecular flexibility index (Phi) is 8.42. The molecule has 0 aromatic carbocycles. The van der Waals surface area contributed by atoms with E-state index in [1.807, 2.05) is 6.07 Å². The maximum atomic E-state index is 12.2. The fourth-order valence-electron chi connectivity index (χ4n) is 2.08. The predicted molar refractivity (Wildman–Crippen MR) is 86.7 cm³/mol. The first-order chi connectivity index (χ1) is 11.4. The molecule has 8 heteroatoms. The first kappa shape index (κ1) is 19.6. The standard InChI is InChI=1S/C16H24N4O4/c1-12(16(23)24)18-15(22)13(7-3-4-8-17)19-14(21)11-20-9-5-2-6-10-20/h2,5-6,9-10,12-13H,3-4,7-8,11,17H2,1H3,(H2-,18,19,21,22,23,24)/p+1/t12-,13-/m0/s1. The van der Waals surface area contributed by atoms with Crippen molar-refractivity contribution < 1.29 is 24.1 Å². The topological polar surface area (TPSA) is 125 Å². The van der Waals surface area contributed by atoms with Gasteiger partial charge in [-0.15, -0.1) is 0 Å². The number of nitrogens with one attached hydrogen (secondary N) is 2. The Morgan fingerprint density at radius 2 is 1.79 bits per heavy atom. The lowest BCUT2D eigenvalue weighted by atomic mass is 10.1. The van der Waals surface area contributed by atoms with Crippen molar-refractivity contribution in [1.82, 2.24) is 10.6 Å². The van der Waals surface area contributed by atoms with Crippen LogP contribution in [0.1, 0.15) is 26.2 Å². The zero-order valence-corrected chi connectivity index (χ0v) is 13.8. The lowest BCUT2D eigenvalue weighted by molar-refractivity contribution is -0.684. The summed E-state index contributed by atoms with van der Waals surface area (Å²) in [6, 6.07) is 3.63. The van der Waals surface area contributed by atoms with Gasteiger partial charge in [-0.1, -0.05) is 6.07 Å². The quantitative estimate of drug-likeness (QED) is 0.328. The summed E-state index contributed by atoms with van der Waals surface area (Å²) in [7, 11) is 0. The maximum Gasteiger partial charge on any atom is 0.325 e. The molecule has 24 heavy (non-hydrogen) atoms. The summed E-state index contributed by atoms with van der Waals surface area (Å²) < 4.78 is 1.68. The molecule has 0 radical (unpaired) electrons. The van der Waals surface area contributed by atoms with E-state index in [1.54, 1.807) is 29.1 Å². The fraction of sp³-hybridized carbons (Fsp3) is 0.500. The number of carbonyl (C=O) groups excluding carboxylic acids is 2. The number of carboxylic acid groups (broad SMARTS) is 1. The number of nitrogens with zero attached hydrogens (tertiary/aromatic N) is 1. The Labute approximate surface area is 141 Å². The first-order valence-corrected chi connectivity index (χ1v) is 7.90. The highest BCUT2D eigenvalue weighted by atomic mass is 16.4. The zero-order valence-electron chi connectivity index (χ0n) is 13.8. The second-order valence-corrected chi connectivity index (χ2v) is 5.52. The number of rotatable bonds is 10. The van der Waals surface area contributed by atoms with Crippen LogP contribution < -0.4 is 20.9 Å². The number of carboxylic acids is 1. The molecule has 1 rings (SSSR count). The zero-order chi connectivity index (χ0) is 17.9. The molecule has 0 unspecified atom stereocenters. The van der Waals surface area contributed by atoms with Crippen LogP contribution in [0.25, 0.3) is 0 Å². The van der Waals surface area contributed by atoms with Crippen LogP contribution in [0.3, 0.4) is 0 Å². The highest BCUT2D eigenvalue weighted by Crippen LogP contribution is 2.02. The fourth-order valence-corrected chi connectivity index (χ4v) is 2.08. The van der Waals surface area contributed by atoms with Gasteiger partial charge in [-0.25, -0.2) is 0 Å². The molecule has 0 bridgehead atoms. The van der Waals surface area contributed by atoms with Gasteiger partial charge in [0.05, 0.1) is 0 Å². The summed E-state index contributed by atoms with van der Waals surface area (Å²) in [6.45, 7) is 1.95. The molecule has 8 nitrogen and oxygen atoms in total. The second kappa shape index (κ2) is 10.3. The Bertz CT molecular complexity index is 550. The molecule has 1 aromatic rings. The van der Waals surface area contributed by atoms with Gasteiger partial charge in [0.25, 0.3) is 5.91 Å². The Hall–Kier alpha value is -2.48. The molecule has 0 spiro atoms. The van der Waals surface area contributed by atoms with Crippen molar-refractivity contribution >= 4 is 17.8 Å². The van der Waals surface area contributed by atoms with E-state index >= 15 is 0 Å². The maximum absolute atomic E-state index is 12.2. The van der Waals surface area contributed by atoms with Gasteiger partial charge < -0.3 is 21.5 Å². The van der Waals surface area contributed by atoms with Gasteiger partial charge in [0.2, 0.25) is 12.5 Å². The van der Waals surface area contributed by atoms with E-state index in [9.17, 15) is 14.4 Å². The molecular formula is C16H25N4O4+. The monoisotopic (exact) mass is 337 g/mol. The number of amides is 2. The number of hydrogen-bond donors (Lipinski definition) is 4. The van der Waals surface area contributed by atoms with Crippen LogP contribution in [0.15, 0.2) is 30.6 Å². The number of hydrogen-bond acceptors (Lipinski definition) is 4. The number of unbranched alkanes of at least 4 members (excludes halogenated alkanes) is 1. The average molecular weight is 337 g/mol. The highest BCUT2D eigenvalue weighted by Gasteiger charge is 2.24. The smallest absolute Gasteiger partial charge is 0.325 e. The Balaban J connectivity index is 2.64. The molecule has 1 aromatic heterocycles. The van der Waals surface area contributed by atoms with E-state index in [0.717, 1.165) is 6.42 Å². The lowest BCUT2D eigenvalue weighted by Gasteiger charge is -2.19. The number of nitrogens with two attached hydrogens (primary N) is 1. The van der Waals surface area contributed by atoms with Crippen molar-refractivity contribution in [2.24, 2.45) is 5.73 Å². The van der Waals surface area contributed by atoms with Gasteiger partial charge in [-0.3, -0.25) is 14.4 Å². The molecule has 0 aliphatic carbocycles. The molecule has 1 heterocycles. The Morgan fingerprint density at radius 3 is 2.38 bits per heavy atom. The summed E-state index contributed by atoms with van der Waals surface area (Å²) in [4.78, 5) is 35.2. The summed E-state index contributed by atoms with van der Waals surface area (Å²) in [6.07, 6.45) is 5.28. The third kappa shape index (κ3) is 7.19. The van der Waals surface area contributed by atoms with Gasteiger partial charge in [0.15, 0.2) is 12.4 Å². The van der Waals surface area contributed by atoms with Crippen LogP contribution in [0.2, 0.25) is 0 Å². The van der Waals surface area contributed by atoms with Crippen LogP contribution in [0.4, 0.5) is 0 Å². The van der Waals surface area contributed by atoms with Gasteiger partial charge >= 0.3 is 5.97 Å². The number of aromatic nitrogens is 1. The van der Waals surface area contributed by atoms with Crippen molar-refractivity contribution in [2.75, 3.05) is 6.54 Å². The van der Waals surface area contributed by atoms with Gasteiger partial charge in [0.1, 0.15) is 12.1 Å². The molecule has 5 N–H and O–H groups in total. The normalized spacial score (nSPS) is 12.9. The van der Waals surface area contributed by atoms with E-state index in [1.165, 1.54) is 6.92 Å². The molecular weight excluding hydrogens is 312 g/mol. The van der Waals surface area contributed by atoms with Crippen molar-refractivity contribution in [1.29, 1.82) is 0 Å². The SMILES string of the molecule is C[C@H](NC(=O)[C@H](CCCCN)NC(=O)C[n+]1ccccc1)C(=O)O. The lowest BCUT2D eigenvalue weighted by Crippen LogP contribution is -2.53. The highest BCUT2D eigenvalue weighted by molar-refractivity contribution is 5.89. The van der Waals surface area contributed by atoms with Crippen LogP contribution >= 0.6 is 0 Å². The average Bonchev–Trinajstić information content (AvgIpc) is 2.54. The molecule has 0 saturated carbocycles. The summed E-state index contributed by atoms with van der Waals surface area (Å²) in [5.41, 5.74) is 5.45. The number of aliphatic carboxylic acids is 1. The molecule has 132 valence electrons. The molecule has 0 aliphatic heterocycles. The van der Waals surface area contributed by atoms with Gasteiger partial charge in [0, 0.05) is 12.1 Å². The van der Waals surface area contributed by atoms with Crippen LogP contribution in [-0.2, 0) is 20.9 Å². The minimum Gasteiger partial charge on any atom is -0.480 e. The molecule has 2 atom stereocenters. The van der Waals surface area contributed by atoms with E-state index in [4.69, 9.17) is 10.8 Å². The summed E-state index contributed by atoms with van der Waals surface area (Å²) in [5, 5.41) is 13.9. The number of pyridine rings is 1. The minimum absolute atomic E-state index is 0.0794. The van der Waals surface area contributed by atoms with E-state index in [0.29, 0.717) is 19.4 Å². The summed E-state index contributed by atoms with van der Waals surface area (Å²) >= 11 is 0. The van der Waals surface area contributed by atoms with E-state index in [2.05, 4.69) is 10.6 Å². The summed E-state index contributed by atoms with van der Waals surface area (Å²) in [5.74, 6) is -1.95. The van der Waals surface area contributed by atoms with Crippen LogP contribution in [0.5, 0.6) is 0 Å². The first-order valence-electron chi connectivity index (χ1n) is 7.90.